The Labute approximate surface area is 68.6 Å². The molecule has 1 aromatic rings. The Morgan fingerprint density at radius 2 is 2.33 bits per heavy atom. The number of halogens is 1. The van der Waals surface area contributed by atoms with Crippen molar-refractivity contribution in [3.63, 3.8) is 0 Å². The first kappa shape index (κ1) is 7.24. The fraction of sp³-hybridized carbons (Fsp3) is 0.125. The number of benzene rings is 1. The van der Waals surface area contributed by atoms with E-state index in [0.717, 1.165) is 0 Å². The summed E-state index contributed by atoms with van der Waals surface area (Å²) < 4.78 is 12.7. The second-order valence-electron chi connectivity index (χ2n) is 2.53. The second kappa shape index (κ2) is 2.57. The molecule has 0 fully saturated rings. The Morgan fingerprint density at radius 3 is 3.17 bits per heavy atom. The SMILES string of the molecule is OC1N=CNc2cc(F)ccc21. The molecule has 0 spiro atoms. The van der Waals surface area contributed by atoms with Crippen molar-refractivity contribution in [2.45, 2.75) is 6.23 Å². The smallest absolute Gasteiger partial charge is 0.174 e. The van der Waals surface area contributed by atoms with E-state index in [1.807, 2.05) is 0 Å². The van der Waals surface area contributed by atoms with Crippen molar-refractivity contribution in [1.29, 1.82) is 0 Å². The lowest BCUT2D eigenvalue weighted by atomic mass is 10.1. The van der Waals surface area contributed by atoms with Gasteiger partial charge >= 0.3 is 0 Å². The zero-order valence-corrected chi connectivity index (χ0v) is 6.16. The van der Waals surface area contributed by atoms with Crippen LogP contribution in [-0.2, 0) is 0 Å². The number of hydrogen-bond donors (Lipinski definition) is 2. The summed E-state index contributed by atoms with van der Waals surface area (Å²) in [5, 5.41) is 12.0. The molecule has 4 heteroatoms. The normalized spacial score (nSPS) is 20.0. The summed E-state index contributed by atoms with van der Waals surface area (Å²) in [6.45, 7) is 0. The van der Waals surface area contributed by atoms with E-state index in [-0.39, 0.29) is 5.82 Å². The highest BCUT2D eigenvalue weighted by molar-refractivity contribution is 5.80. The lowest BCUT2D eigenvalue weighted by molar-refractivity contribution is 0.189. The predicted octanol–water partition coefficient (Wildman–Crippen LogP) is 1.27. The van der Waals surface area contributed by atoms with Crippen molar-refractivity contribution in [3.05, 3.63) is 29.6 Å². The van der Waals surface area contributed by atoms with Crippen molar-refractivity contribution in [1.82, 2.24) is 0 Å². The fourth-order valence-electron chi connectivity index (χ4n) is 1.14. The number of anilines is 1. The van der Waals surface area contributed by atoms with E-state index in [9.17, 15) is 9.50 Å². The van der Waals surface area contributed by atoms with Gasteiger partial charge in [-0.1, -0.05) is 0 Å². The number of rotatable bonds is 0. The maximum atomic E-state index is 12.7. The molecule has 1 aliphatic heterocycles. The molecule has 3 nitrogen and oxygen atoms in total. The first-order valence-corrected chi connectivity index (χ1v) is 3.53. The predicted molar refractivity (Wildman–Crippen MR) is 43.5 cm³/mol. The zero-order valence-electron chi connectivity index (χ0n) is 6.16. The minimum Gasteiger partial charge on any atom is -0.368 e. The van der Waals surface area contributed by atoms with Crippen LogP contribution < -0.4 is 5.32 Å². The van der Waals surface area contributed by atoms with E-state index in [4.69, 9.17) is 0 Å². The van der Waals surface area contributed by atoms with Crippen molar-refractivity contribution < 1.29 is 9.50 Å². The van der Waals surface area contributed by atoms with Crippen LogP contribution in [-0.4, -0.2) is 11.4 Å². The number of hydrogen-bond acceptors (Lipinski definition) is 3. The molecule has 2 N–H and O–H groups in total. The van der Waals surface area contributed by atoms with Crippen molar-refractivity contribution in [2.75, 3.05) is 5.32 Å². The van der Waals surface area contributed by atoms with Crippen LogP contribution in [0.5, 0.6) is 0 Å². The Morgan fingerprint density at radius 1 is 1.50 bits per heavy atom. The minimum absolute atomic E-state index is 0.330. The summed E-state index contributed by atoms with van der Waals surface area (Å²) in [4.78, 5) is 3.70. The molecule has 12 heavy (non-hydrogen) atoms. The molecular formula is C8H7FN2O. The summed E-state index contributed by atoms with van der Waals surface area (Å²) in [7, 11) is 0. The standard InChI is InChI=1S/C8H7FN2O/c9-5-1-2-6-7(3-5)10-4-11-8(6)12/h1-4,8,12H,(H,10,11). The van der Waals surface area contributed by atoms with Crippen LogP contribution in [0.4, 0.5) is 10.1 Å². The van der Waals surface area contributed by atoms with E-state index in [1.54, 1.807) is 0 Å². The van der Waals surface area contributed by atoms with E-state index in [0.29, 0.717) is 11.3 Å². The van der Waals surface area contributed by atoms with Gasteiger partial charge in [-0.25, -0.2) is 9.38 Å². The molecule has 0 amide bonds. The monoisotopic (exact) mass is 166 g/mol. The first-order valence-electron chi connectivity index (χ1n) is 3.53. The second-order valence-corrected chi connectivity index (χ2v) is 2.53. The van der Waals surface area contributed by atoms with Gasteiger partial charge in [0.2, 0.25) is 0 Å². The van der Waals surface area contributed by atoms with Crippen LogP contribution in [0.3, 0.4) is 0 Å². The van der Waals surface area contributed by atoms with Gasteiger partial charge in [-0.2, -0.15) is 0 Å². The van der Waals surface area contributed by atoms with E-state index in [2.05, 4.69) is 10.3 Å². The zero-order chi connectivity index (χ0) is 8.55. The number of fused-ring (bicyclic) bond motifs is 1. The van der Waals surface area contributed by atoms with Gasteiger partial charge in [-0.3, -0.25) is 0 Å². The summed E-state index contributed by atoms with van der Waals surface area (Å²) in [6.07, 6.45) is 0.480. The lowest BCUT2D eigenvalue weighted by Gasteiger charge is -2.16. The minimum atomic E-state index is -0.873. The van der Waals surface area contributed by atoms with Crippen LogP contribution in [0.15, 0.2) is 23.2 Å². The quantitative estimate of drug-likeness (QED) is 0.609. The Hall–Kier alpha value is -1.42. The van der Waals surface area contributed by atoms with Gasteiger partial charge in [-0.05, 0) is 18.2 Å². The van der Waals surface area contributed by atoms with Crippen LogP contribution in [0, 0.1) is 5.82 Å². The third kappa shape index (κ3) is 1.06. The molecule has 0 aliphatic carbocycles. The van der Waals surface area contributed by atoms with Gasteiger partial charge in [0.05, 0.1) is 6.34 Å². The molecule has 1 unspecified atom stereocenters. The molecule has 0 aromatic heterocycles. The van der Waals surface area contributed by atoms with Gasteiger partial charge in [0.15, 0.2) is 6.23 Å². The Balaban J connectivity index is 2.51. The van der Waals surface area contributed by atoms with Crippen LogP contribution >= 0.6 is 0 Å². The number of nitrogens with one attached hydrogen (secondary N) is 1. The van der Waals surface area contributed by atoms with Crippen molar-refractivity contribution >= 4 is 12.0 Å². The highest BCUT2D eigenvalue weighted by atomic mass is 19.1. The van der Waals surface area contributed by atoms with Crippen LogP contribution in [0.25, 0.3) is 0 Å². The van der Waals surface area contributed by atoms with Gasteiger partial charge < -0.3 is 10.4 Å². The average molecular weight is 166 g/mol. The van der Waals surface area contributed by atoms with Crippen molar-refractivity contribution in [2.24, 2.45) is 4.99 Å². The summed E-state index contributed by atoms with van der Waals surface area (Å²) in [6, 6.07) is 4.13. The maximum Gasteiger partial charge on any atom is 0.174 e. The fourth-order valence-corrected chi connectivity index (χ4v) is 1.14. The summed E-state index contributed by atoms with van der Waals surface area (Å²) in [5.74, 6) is -0.330. The topological polar surface area (TPSA) is 44.6 Å². The maximum absolute atomic E-state index is 12.7. The number of aliphatic hydroxyl groups is 1. The van der Waals surface area contributed by atoms with Crippen LogP contribution in [0.2, 0.25) is 0 Å². The molecule has 1 aromatic carbocycles. The van der Waals surface area contributed by atoms with Gasteiger partial charge in [-0.15, -0.1) is 0 Å². The lowest BCUT2D eigenvalue weighted by Crippen LogP contribution is -2.09. The highest BCUT2D eigenvalue weighted by Gasteiger charge is 2.13. The number of aliphatic hydroxyl groups excluding tert-OH is 1. The molecule has 0 bridgehead atoms. The van der Waals surface area contributed by atoms with Crippen LogP contribution in [0.1, 0.15) is 11.8 Å². The summed E-state index contributed by atoms with van der Waals surface area (Å²) >= 11 is 0. The van der Waals surface area contributed by atoms with E-state index < -0.39 is 6.23 Å². The molecule has 62 valence electrons. The third-order valence-corrected chi connectivity index (χ3v) is 1.73. The highest BCUT2D eigenvalue weighted by Crippen LogP contribution is 2.26. The molecular weight excluding hydrogens is 159 g/mol. The average Bonchev–Trinajstić information content (AvgIpc) is 2.04. The number of aliphatic imine (C=N–C) groups is 1. The van der Waals surface area contributed by atoms with Gasteiger partial charge in [0, 0.05) is 11.3 Å². The Bertz CT molecular complexity index is 338. The van der Waals surface area contributed by atoms with E-state index >= 15 is 0 Å². The molecule has 1 atom stereocenters. The van der Waals surface area contributed by atoms with Gasteiger partial charge in [0.1, 0.15) is 5.82 Å². The first-order chi connectivity index (χ1) is 5.77. The molecule has 0 saturated heterocycles. The third-order valence-electron chi connectivity index (χ3n) is 1.73. The molecule has 2 rings (SSSR count). The van der Waals surface area contributed by atoms with E-state index in [1.165, 1.54) is 24.5 Å². The largest absolute Gasteiger partial charge is 0.368 e. The molecule has 1 heterocycles. The number of nitrogens with zero attached hydrogens (tertiary/aromatic N) is 1. The molecule has 0 saturated carbocycles. The molecule has 0 radical (unpaired) electrons. The molecule has 1 aliphatic rings. The van der Waals surface area contributed by atoms with Crippen molar-refractivity contribution in [3.8, 4) is 0 Å². The summed E-state index contributed by atoms with van der Waals surface area (Å²) in [5.41, 5.74) is 1.16. The van der Waals surface area contributed by atoms with Gasteiger partial charge in [0.25, 0.3) is 0 Å². The Kier molecular flexibility index (Phi) is 1.55.